The predicted molar refractivity (Wildman–Crippen MR) is 129 cm³/mol. The third kappa shape index (κ3) is 4.99. The molecule has 2 amide bonds. The number of rotatable bonds is 7. The van der Waals surface area contributed by atoms with E-state index in [1.807, 2.05) is 41.0 Å². The number of fused-ring (bicyclic) bond motifs is 1. The van der Waals surface area contributed by atoms with Gasteiger partial charge in [-0.25, -0.2) is 4.79 Å². The average Bonchev–Trinajstić information content (AvgIpc) is 3.13. The van der Waals surface area contributed by atoms with Crippen LogP contribution in [0.25, 0.3) is 11.1 Å². The van der Waals surface area contributed by atoms with Crippen molar-refractivity contribution < 1.29 is 18.7 Å². The van der Waals surface area contributed by atoms with E-state index in [0.29, 0.717) is 43.0 Å². The minimum Gasteiger partial charge on any atom is -0.497 e. The minimum absolute atomic E-state index is 0.00900. The Morgan fingerprint density at radius 1 is 1.15 bits per heavy atom. The van der Waals surface area contributed by atoms with Crippen LogP contribution in [-0.2, 0) is 16.1 Å². The number of aryl methyl sites for hydroxylation is 1. The lowest BCUT2D eigenvalue weighted by Crippen LogP contribution is -2.51. The standard InChI is InChI=1S/C25H30N4O5/c1-4-11-29-21-10-7-19(14-23(21)34-25(29)32)26-24(31)16-27-12-13-28(17(2)30)22(15-27)18-5-8-20(33-3)9-6-18/h5-10,14,22H,4,11-13,15-16H2,1-3H3,(H,26,31). The third-order valence-corrected chi connectivity index (χ3v) is 6.14. The number of nitrogens with one attached hydrogen (secondary N) is 1. The topological polar surface area (TPSA) is 97.0 Å². The molecule has 1 N–H and O–H groups in total. The molecule has 9 heteroatoms. The highest BCUT2D eigenvalue weighted by Crippen LogP contribution is 2.27. The fourth-order valence-corrected chi connectivity index (χ4v) is 4.45. The molecule has 1 aromatic heterocycles. The van der Waals surface area contributed by atoms with Crippen molar-refractivity contribution in [2.24, 2.45) is 0 Å². The highest BCUT2D eigenvalue weighted by molar-refractivity contribution is 5.94. The van der Waals surface area contributed by atoms with Crippen LogP contribution in [0.15, 0.2) is 51.7 Å². The molecule has 2 aromatic carbocycles. The molecule has 0 saturated carbocycles. The van der Waals surface area contributed by atoms with Gasteiger partial charge in [0.25, 0.3) is 0 Å². The first kappa shape index (κ1) is 23.6. The van der Waals surface area contributed by atoms with E-state index in [-0.39, 0.29) is 24.4 Å². The Kier molecular flexibility index (Phi) is 7.02. The van der Waals surface area contributed by atoms with E-state index in [9.17, 15) is 14.4 Å². The fourth-order valence-electron chi connectivity index (χ4n) is 4.45. The maximum atomic E-state index is 12.8. The molecule has 1 saturated heterocycles. The summed E-state index contributed by atoms with van der Waals surface area (Å²) in [7, 11) is 1.62. The number of anilines is 1. The number of hydrogen-bond donors (Lipinski definition) is 1. The number of benzene rings is 2. The summed E-state index contributed by atoms with van der Waals surface area (Å²) in [5.41, 5.74) is 2.74. The van der Waals surface area contributed by atoms with E-state index in [2.05, 4.69) is 5.32 Å². The van der Waals surface area contributed by atoms with Gasteiger partial charge in [-0.05, 0) is 36.2 Å². The van der Waals surface area contributed by atoms with Gasteiger partial charge in [0, 0.05) is 44.9 Å². The molecule has 0 radical (unpaired) electrons. The highest BCUT2D eigenvalue weighted by atomic mass is 16.5. The fraction of sp³-hybridized carbons (Fsp3) is 0.400. The molecule has 0 aliphatic carbocycles. The van der Waals surface area contributed by atoms with Crippen molar-refractivity contribution in [2.75, 3.05) is 38.6 Å². The molecule has 0 spiro atoms. The smallest absolute Gasteiger partial charge is 0.419 e. The van der Waals surface area contributed by atoms with Crippen molar-refractivity contribution in [2.45, 2.75) is 32.9 Å². The Balaban J connectivity index is 1.44. The zero-order valence-corrected chi connectivity index (χ0v) is 19.7. The van der Waals surface area contributed by atoms with Crippen molar-refractivity contribution in [1.29, 1.82) is 0 Å². The summed E-state index contributed by atoms with van der Waals surface area (Å²) in [6.45, 7) is 6.04. The predicted octanol–water partition coefficient (Wildman–Crippen LogP) is 2.86. The first-order valence-corrected chi connectivity index (χ1v) is 11.5. The van der Waals surface area contributed by atoms with E-state index in [0.717, 1.165) is 17.7 Å². The van der Waals surface area contributed by atoms with Gasteiger partial charge in [0.1, 0.15) is 5.75 Å². The second-order valence-electron chi connectivity index (χ2n) is 8.49. The average molecular weight is 467 g/mol. The molecular formula is C25H30N4O5. The molecule has 1 aliphatic heterocycles. The van der Waals surface area contributed by atoms with E-state index in [1.54, 1.807) is 36.8 Å². The molecule has 180 valence electrons. The monoisotopic (exact) mass is 466 g/mol. The maximum Gasteiger partial charge on any atom is 0.419 e. The molecule has 1 aliphatic rings. The van der Waals surface area contributed by atoms with E-state index in [1.165, 1.54) is 0 Å². The Hall–Kier alpha value is -3.59. The van der Waals surface area contributed by atoms with Crippen LogP contribution in [0, 0.1) is 0 Å². The van der Waals surface area contributed by atoms with Gasteiger partial charge in [0.15, 0.2) is 5.58 Å². The van der Waals surface area contributed by atoms with Gasteiger partial charge in [-0.2, -0.15) is 0 Å². The number of aromatic nitrogens is 1. The van der Waals surface area contributed by atoms with Gasteiger partial charge in [-0.15, -0.1) is 0 Å². The van der Waals surface area contributed by atoms with Crippen LogP contribution in [0.1, 0.15) is 31.9 Å². The largest absolute Gasteiger partial charge is 0.497 e. The van der Waals surface area contributed by atoms with E-state index >= 15 is 0 Å². The number of amides is 2. The second-order valence-corrected chi connectivity index (χ2v) is 8.49. The van der Waals surface area contributed by atoms with Crippen LogP contribution in [-0.4, -0.2) is 59.5 Å². The van der Waals surface area contributed by atoms with Gasteiger partial charge < -0.3 is 19.4 Å². The van der Waals surface area contributed by atoms with E-state index < -0.39 is 5.76 Å². The number of ether oxygens (including phenoxy) is 1. The zero-order valence-electron chi connectivity index (χ0n) is 19.7. The summed E-state index contributed by atoms with van der Waals surface area (Å²) < 4.78 is 12.2. The number of hydrogen-bond acceptors (Lipinski definition) is 6. The number of methoxy groups -OCH3 is 1. The number of piperazine rings is 1. The van der Waals surface area contributed by atoms with Gasteiger partial charge >= 0.3 is 5.76 Å². The molecule has 3 aromatic rings. The lowest BCUT2D eigenvalue weighted by Gasteiger charge is -2.41. The Morgan fingerprint density at radius 3 is 2.59 bits per heavy atom. The normalized spacial score (nSPS) is 16.6. The van der Waals surface area contributed by atoms with Gasteiger partial charge in [-0.3, -0.25) is 19.1 Å². The van der Waals surface area contributed by atoms with Crippen LogP contribution in [0.2, 0.25) is 0 Å². The summed E-state index contributed by atoms with van der Waals surface area (Å²) in [6, 6.07) is 12.8. The van der Waals surface area contributed by atoms with Crippen molar-refractivity contribution >= 4 is 28.6 Å². The maximum absolute atomic E-state index is 12.8. The Morgan fingerprint density at radius 2 is 1.91 bits per heavy atom. The van der Waals surface area contributed by atoms with E-state index in [4.69, 9.17) is 9.15 Å². The van der Waals surface area contributed by atoms with Crippen molar-refractivity contribution in [1.82, 2.24) is 14.4 Å². The van der Waals surface area contributed by atoms with Gasteiger partial charge in [-0.1, -0.05) is 19.1 Å². The summed E-state index contributed by atoms with van der Waals surface area (Å²) in [4.78, 5) is 40.9. The van der Waals surface area contributed by atoms with Crippen LogP contribution in [0.5, 0.6) is 5.75 Å². The van der Waals surface area contributed by atoms with Gasteiger partial charge in [0.2, 0.25) is 11.8 Å². The molecule has 1 fully saturated rings. The van der Waals surface area contributed by atoms with Crippen molar-refractivity contribution in [3.05, 3.63) is 58.6 Å². The molecule has 4 rings (SSSR count). The summed E-state index contributed by atoms with van der Waals surface area (Å²) in [6.07, 6.45) is 0.821. The molecular weight excluding hydrogens is 436 g/mol. The van der Waals surface area contributed by atoms with Crippen molar-refractivity contribution in [3.63, 3.8) is 0 Å². The zero-order chi connectivity index (χ0) is 24.2. The first-order valence-electron chi connectivity index (χ1n) is 11.5. The quantitative estimate of drug-likeness (QED) is 0.575. The lowest BCUT2D eigenvalue weighted by molar-refractivity contribution is -0.134. The summed E-state index contributed by atoms with van der Waals surface area (Å²) in [5.74, 6) is 0.199. The number of nitrogens with zero attached hydrogens (tertiary/aromatic N) is 3. The number of oxazole rings is 1. The first-order chi connectivity index (χ1) is 16.4. The Labute approximate surface area is 197 Å². The SMILES string of the molecule is CCCn1c(=O)oc2cc(NC(=O)CN3CCN(C(C)=O)C(c4ccc(OC)cc4)C3)ccc21. The molecule has 0 bridgehead atoms. The Bertz CT molecular complexity index is 1230. The second kappa shape index (κ2) is 10.1. The van der Waals surface area contributed by atoms with Crippen LogP contribution in [0.3, 0.4) is 0 Å². The lowest BCUT2D eigenvalue weighted by atomic mass is 10.0. The molecule has 2 heterocycles. The van der Waals surface area contributed by atoms with Crippen LogP contribution >= 0.6 is 0 Å². The molecule has 1 atom stereocenters. The molecule has 1 unspecified atom stereocenters. The summed E-state index contributed by atoms with van der Waals surface area (Å²) >= 11 is 0. The molecule has 9 nitrogen and oxygen atoms in total. The molecule has 34 heavy (non-hydrogen) atoms. The highest BCUT2D eigenvalue weighted by Gasteiger charge is 2.30. The third-order valence-electron chi connectivity index (χ3n) is 6.14. The summed E-state index contributed by atoms with van der Waals surface area (Å²) in [5, 5.41) is 2.90. The number of carbonyl (C=O) groups is 2. The number of carbonyl (C=O) groups excluding carboxylic acids is 2. The van der Waals surface area contributed by atoms with Crippen LogP contribution in [0.4, 0.5) is 5.69 Å². The van der Waals surface area contributed by atoms with Crippen LogP contribution < -0.4 is 15.8 Å². The van der Waals surface area contributed by atoms with Crippen molar-refractivity contribution in [3.8, 4) is 5.75 Å². The minimum atomic E-state index is -0.395. The van der Waals surface area contributed by atoms with Gasteiger partial charge in [0.05, 0.1) is 25.2 Å².